The van der Waals surface area contributed by atoms with Crippen molar-refractivity contribution in [1.29, 1.82) is 0 Å². The highest BCUT2D eigenvalue weighted by Gasteiger charge is 2.17. The Labute approximate surface area is 228 Å². The van der Waals surface area contributed by atoms with Crippen molar-refractivity contribution in [2.45, 2.75) is 31.3 Å². The van der Waals surface area contributed by atoms with Gasteiger partial charge in [-0.1, -0.05) is 109 Å². The lowest BCUT2D eigenvalue weighted by Gasteiger charge is -2.19. The van der Waals surface area contributed by atoms with Crippen molar-refractivity contribution in [2.75, 3.05) is 0 Å². The zero-order valence-corrected chi connectivity index (χ0v) is 21.7. The molecule has 6 rings (SSSR count). The first-order valence-electron chi connectivity index (χ1n) is 13.3. The Morgan fingerprint density at radius 3 is 1.51 bits per heavy atom. The summed E-state index contributed by atoms with van der Waals surface area (Å²) in [6.07, 6.45) is 10.1. The second-order valence-corrected chi connectivity index (χ2v) is 9.75. The molecule has 6 heteroatoms. The smallest absolute Gasteiger partial charge is 0.137 e. The number of hydrogen-bond acceptors (Lipinski definition) is 4. The number of hydrogen-bond donors (Lipinski definition) is 0. The molecule has 0 saturated carbocycles. The molecule has 0 aliphatic rings. The summed E-state index contributed by atoms with van der Waals surface area (Å²) in [5.74, 6) is 0. The fraction of sp³-hybridized carbons (Fsp3) is 0.152. The number of rotatable bonds is 10. The van der Waals surface area contributed by atoms with E-state index in [9.17, 15) is 0 Å². The summed E-state index contributed by atoms with van der Waals surface area (Å²) in [7, 11) is 0. The van der Waals surface area contributed by atoms with Gasteiger partial charge < -0.3 is 4.57 Å². The van der Waals surface area contributed by atoms with Crippen molar-refractivity contribution in [2.24, 2.45) is 0 Å². The van der Waals surface area contributed by atoms with E-state index in [4.69, 9.17) is 0 Å². The van der Waals surface area contributed by atoms with Crippen LogP contribution in [0.5, 0.6) is 0 Å². The molecule has 2 aromatic heterocycles. The van der Waals surface area contributed by atoms with E-state index in [1.807, 2.05) is 16.8 Å². The van der Waals surface area contributed by atoms with E-state index in [-0.39, 0.29) is 12.1 Å². The predicted octanol–water partition coefficient (Wildman–Crippen LogP) is 6.32. The van der Waals surface area contributed by atoms with Gasteiger partial charge in [0, 0.05) is 0 Å². The van der Waals surface area contributed by atoms with Gasteiger partial charge in [-0.25, -0.2) is 9.67 Å². The molecule has 0 bridgehead atoms. The maximum Gasteiger partial charge on any atom is 0.137 e. The normalized spacial score (nSPS) is 12.7. The van der Waals surface area contributed by atoms with Crippen LogP contribution in [0.1, 0.15) is 51.9 Å². The van der Waals surface area contributed by atoms with Crippen LogP contribution in [0.2, 0.25) is 0 Å². The molecule has 0 N–H and O–H groups in total. The van der Waals surface area contributed by atoms with Crippen molar-refractivity contribution in [1.82, 2.24) is 29.5 Å². The van der Waals surface area contributed by atoms with Crippen molar-refractivity contribution in [3.8, 4) is 0 Å². The van der Waals surface area contributed by atoms with Crippen molar-refractivity contribution in [3.63, 3.8) is 0 Å². The fourth-order valence-electron chi connectivity index (χ4n) is 5.23. The van der Waals surface area contributed by atoms with Gasteiger partial charge in [0.2, 0.25) is 0 Å². The highest BCUT2D eigenvalue weighted by Crippen LogP contribution is 2.28. The average Bonchev–Trinajstić information content (AvgIpc) is 3.72. The van der Waals surface area contributed by atoms with Crippen LogP contribution < -0.4 is 0 Å². The van der Waals surface area contributed by atoms with Crippen LogP contribution in [-0.4, -0.2) is 29.5 Å². The number of nitrogens with zero attached hydrogens (tertiary/aromatic N) is 6. The summed E-state index contributed by atoms with van der Waals surface area (Å²) in [6.45, 7) is 0. The molecular weight excluding hydrogens is 480 g/mol. The fourth-order valence-corrected chi connectivity index (χ4v) is 5.23. The van der Waals surface area contributed by atoms with Crippen LogP contribution >= 0.6 is 0 Å². The second-order valence-electron chi connectivity index (χ2n) is 9.75. The molecule has 0 aliphatic heterocycles. The topological polar surface area (TPSA) is 61.4 Å². The highest BCUT2D eigenvalue weighted by molar-refractivity contribution is 5.36. The van der Waals surface area contributed by atoms with E-state index in [0.717, 1.165) is 19.3 Å². The molecule has 0 fully saturated rings. The molecule has 0 saturated heterocycles. The van der Waals surface area contributed by atoms with Gasteiger partial charge in [-0.15, -0.1) is 10.2 Å². The van der Waals surface area contributed by atoms with Gasteiger partial charge in [0.25, 0.3) is 0 Å². The summed E-state index contributed by atoms with van der Waals surface area (Å²) in [5, 5.41) is 12.5. The van der Waals surface area contributed by atoms with E-state index >= 15 is 0 Å². The summed E-state index contributed by atoms with van der Waals surface area (Å²) in [6, 6.07) is 38.9. The van der Waals surface area contributed by atoms with Gasteiger partial charge >= 0.3 is 0 Å². The minimum absolute atomic E-state index is 0.0130. The van der Waals surface area contributed by atoms with Gasteiger partial charge in [-0.05, 0) is 52.6 Å². The molecule has 39 heavy (non-hydrogen) atoms. The molecule has 0 radical (unpaired) electrons. The molecule has 2 heterocycles. The molecule has 0 amide bonds. The number of aryl methyl sites for hydroxylation is 2. The minimum atomic E-state index is 0.0130. The van der Waals surface area contributed by atoms with Crippen molar-refractivity contribution < 1.29 is 0 Å². The van der Waals surface area contributed by atoms with Crippen LogP contribution in [0.4, 0.5) is 0 Å². The van der Waals surface area contributed by atoms with Crippen LogP contribution in [0.3, 0.4) is 0 Å². The Morgan fingerprint density at radius 1 is 0.513 bits per heavy atom. The Morgan fingerprint density at radius 2 is 1.00 bits per heavy atom. The van der Waals surface area contributed by atoms with Gasteiger partial charge in [-0.2, -0.15) is 5.10 Å². The molecule has 2 atom stereocenters. The van der Waals surface area contributed by atoms with Crippen molar-refractivity contribution >= 4 is 0 Å². The van der Waals surface area contributed by atoms with E-state index < -0.39 is 0 Å². The van der Waals surface area contributed by atoms with Crippen LogP contribution in [0.15, 0.2) is 135 Å². The van der Waals surface area contributed by atoms with Crippen LogP contribution in [0, 0.1) is 0 Å². The standard InChI is InChI=1S/C33H30N6/c1-3-10-28(11-4-1)32(38-24-35-36-25-38)30-18-14-26(15-19-30)8-7-9-27-16-20-31(21-17-27)33(39-23-34-22-37-39)29-12-5-2-6-13-29/h1-6,10-25,32-33H,7-9H2. The van der Waals surface area contributed by atoms with E-state index in [0.29, 0.717) is 0 Å². The van der Waals surface area contributed by atoms with E-state index in [1.54, 1.807) is 25.3 Å². The third kappa shape index (κ3) is 5.70. The Balaban J connectivity index is 1.10. The number of benzene rings is 4. The van der Waals surface area contributed by atoms with Crippen LogP contribution in [-0.2, 0) is 12.8 Å². The van der Waals surface area contributed by atoms with Crippen LogP contribution in [0.25, 0.3) is 0 Å². The molecular formula is C33H30N6. The first kappa shape index (κ1) is 24.5. The second kappa shape index (κ2) is 11.7. The lowest BCUT2D eigenvalue weighted by Crippen LogP contribution is -2.12. The largest absolute Gasteiger partial charge is 0.308 e. The summed E-state index contributed by atoms with van der Waals surface area (Å²) in [5.41, 5.74) is 7.52. The van der Waals surface area contributed by atoms with Crippen molar-refractivity contribution in [3.05, 3.63) is 168 Å². The molecule has 2 unspecified atom stereocenters. The SMILES string of the molecule is c1ccc(C(c2ccc(CCCc3ccc(C(c4ccccc4)n4cncn4)cc3)cc2)n2cnnc2)cc1. The summed E-state index contributed by atoms with van der Waals surface area (Å²) < 4.78 is 3.97. The molecule has 6 aromatic rings. The molecule has 4 aromatic carbocycles. The first-order chi connectivity index (χ1) is 19.3. The minimum Gasteiger partial charge on any atom is -0.308 e. The Hall–Kier alpha value is -4.84. The van der Waals surface area contributed by atoms with E-state index in [1.165, 1.54) is 33.4 Å². The lowest BCUT2D eigenvalue weighted by atomic mass is 9.95. The van der Waals surface area contributed by atoms with Gasteiger partial charge in [0.15, 0.2) is 0 Å². The Kier molecular flexibility index (Phi) is 7.34. The first-order valence-corrected chi connectivity index (χ1v) is 13.3. The molecule has 0 aliphatic carbocycles. The quantitative estimate of drug-likeness (QED) is 0.216. The third-order valence-electron chi connectivity index (χ3n) is 7.19. The van der Waals surface area contributed by atoms with E-state index in [2.05, 4.69) is 122 Å². The average molecular weight is 511 g/mol. The number of aromatic nitrogens is 6. The summed E-state index contributed by atoms with van der Waals surface area (Å²) in [4.78, 5) is 4.17. The maximum atomic E-state index is 4.42. The monoisotopic (exact) mass is 510 g/mol. The van der Waals surface area contributed by atoms with Gasteiger partial charge in [-0.3, -0.25) is 0 Å². The Bertz CT molecular complexity index is 1420. The summed E-state index contributed by atoms with van der Waals surface area (Å²) >= 11 is 0. The lowest BCUT2D eigenvalue weighted by molar-refractivity contribution is 0.593. The zero-order valence-electron chi connectivity index (χ0n) is 21.7. The predicted molar refractivity (Wildman–Crippen MR) is 152 cm³/mol. The third-order valence-corrected chi connectivity index (χ3v) is 7.19. The highest BCUT2D eigenvalue weighted by atomic mass is 15.3. The van der Waals surface area contributed by atoms with Gasteiger partial charge in [0.1, 0.15) is 31.4 Å². The molecule has 0 spiro atoms. The van der Waals surface area contributed by atoms with Gasteiger partial charge in [0.05, 0.1) is 6.04 Å². The zero-order chi connectivity index (χ0) is 26.3. The maximum absolute atomic E-state index is 4.42. The molecule has 192 valence electrons. The molecule has 6 nitrogen and oxygen atoms in total.